The Morgan fingerprint density at radius 1 is 1.10 bits per heavy atom. The van der Waals surface area contributed by atoms with Crippen LogP contribution < -0.4 is 10.6 Å². The highest BCUT2D eigenvalue weighted by Gasteiger charge is 2.39. The third-order valence-corrected chi connectivity index (χ3v) is 6.01. The third-order valence-electron chi connectivity index (χ3n) is 6.01. The van der Waals surface area contributed by atoms with E-state index in [9.17, 15) is 0 Å². The summed E-state index contributed by atoms with van der Waals surface area (Å²) in [5.74, 6) is 2.48. The van der Waals surface area contributed by atoms with Crippen molar-refractivity contribution in [2.24, 2.45) is 17.3 Å². The molecule has 0 bridgehead atoms. The number of nitrogens with zero attached hydrogens (tertiary/aromatic N) is 1. The summed E-state index contributed by atoms with van der Waals surface area (Å²) < 4.78 is 0. The van der Waals surface area contributed by atoms with Gasteiger partial charge in [0.15, 0.2) is 0 Å². The average Bonchev–Trinajstić information content (AvgIpc) is 3.34. The Morgan fingerprint density at radius 3 is 2.31 bits per heavy atom. The van der Waals surface area contributed by atoms with Crippen molar-refractivity contribution in [2.75, 3.05) is 20.1 Å². The Kier molecular flexibility index (Phi) is 10.1. The van der Waals surface area contributed by atoms with Gasteiger partial charge in [-0.1, -0.05) is 58.6 Å². The predicted molar refractivity (Wildman–Crippen MR) is 130 cm³/mol. The lowest BCUT2D eigenvalue weighted by Crippen LogP contribution is -2.47. The zero-order chi connectivity index (χ0) is 22.2. The van der Waals surface area contributed by atoms with Crippen molar-refractivity contribution in [3.05, 3.63) is 49.0 Å². The minimum atomic E-state index is 0.0510. The van der Waals surface area contributed by atoms with E-state index in [1.54, 1.807) is 0 Å². The summed E-state index contributed by atoms with van der Waals surface area (Å²) >= 11 is 0. The number of unbranched alkanes of at least 4 members (excludes halogenated alkanes) is 1. The number of allylic oxidation sites excluding steroid dienone is 2. The fourth-order valence-electron chi connectivity index (χ4n) is 3.80. The highest BCUT2D eigenvalue weighted by Crippen LogP contribution is 2.44. The monoisotopic (exact) mass is 401 g/mol. The molecule has 0 aliphatic heterocycles. The van der Waals surface area contributed by atoms with Crippen LogP contribution in [0.3, 0.4) is 0 Å². The summed E-state index contributed by atoms with van der Waals surface area (Å²) in [7, 11) is 2.18. The topological polar surface area (TPSA) is 27.3 Å². The summed E-state index contributed by atoms with van der Waals surface area (Å²) in [5.41, 5.74) is 3.84. The molecule has 3 heteroatoms. The smallest absolute Gasteiger partial charge is 0.0917 e. The van der Waals surface area contributed by atoms with Crippen molar-refractivity contribution in [1.82, 2.24) is 15.5 Å². The van der Waals surface area contributed by atoms with Gasteiger partial charge in [-0.2, -0.15) is 0 Å². The van der Waals surface area contributed by atoms with Crippen LogP contribution >= 0.6 is 0 Å². The zero-order valence-electron chi connectivity index (χ0n) is 20.2. The lowest BCUT2D eigenvalue weighted by Gasteiger charge is -2.38. The fraction of sp³-hybridized carbons (Fsp3) is 0.692. The van der Waals surface area contributed by atoms with Crippen molar-refractivity contribution in [3.63, 3.8) is 0 Å². The van der Waals surface area contributed by atoms with E-state index in [-0.39, 0.29) is 11.5 Å². The summed E-state index contributed by atoms with van der Waals surface area (Å²) in [6.07, 6.45) is 7.00. The molecule has 0 amide bonds. The molecule has 0 aromatic heterocycles. The first-order valence-corrected chi connectivity index (χ1v) is 11.4. The summed E-state index contributed by atoms with van der Waals surface area (Å²) in [6, 6.07) is 0.144. The van der Waals surface area contributed by atoms with Gasteiger partial charge in [-0.15, -0.1) is 6.58 Å². The van der Waals surface area contributed by atoms with E-state index >= 15 is 0 Å². The van der Waals surface area contributed by atoms with Crippen LogP contribution in [-0.2, 0) is 0 Å². The van der Waals surface area contributed by atoms with Gasteiger partial charge in [0.2, 0.25) is 0 Å². The van der Waals surface area contributed by atoms with E-state index in [0.29, 0.717) is 0 Å². The zero-order valence-corrected chi connectivity index (χ0v) is 20.2. The standard InChI is InChI=1S/C26H47N3/c1-11-20(4)16-23-17-24(23)18-29(10)21(5)25(26(7,8)9)28-22(6)27-15-13-12-14-19(2)3/h23-25,27-28H,2,4-6,11-18H2,1,3,7-10H3/t23-,24-,25?/m0/s1. The Labute approximate surface area is 181 Å². The Bertz CT molecular complexity index is 581. The third kappa shape index (κ3) is 9.60. The molecule has 3 nitrogen and oxygen atoms in total. The van der Waals surface area contributed by atoms with Crippen LogP contribution in [0.25, 0.3) is 0 Å². The Morgan fingerprint density at radius 2 is 1.76 bits per heavy atom. The maximum atomic E-state index is 4.45. The van der Waals surface area contributed by atoms with Gasteiger partial charge < -0.3 is 15.5 Å². The molecule has 1 aliphatic carbocycles. The second kappa shape index (κ2) is 11.5. The minimum Gasteiger partial charge on any atom is -0.376 e. The molecule has 1 saturated carbocycles. The van der Waals surface area contributed by atoms with Crippen molar-refractivity contribution in [3.8, 4) is 0 Å². The molecule has 1 unspecified atom stereocenters. The largest absolute Gasteiger partial charge is 0.376 e. The predicted octanol–water partition coefficient (Wildman–Crippen LogP) is 6.24. The van der Waals surface area contributed by atoms with Gasteiger partial charge >= 0.3 is 0 Å². The average molecular weight is 402 g/mol. The molecular weight excluding hydrogens is 354 g/mol. The first-order chi connectivity index (χ1) is 13.5. The van der Waals surface area contributed by atoms with E-state index in [0.717, 1.165) is 55.7 Å². The van der Waals surface area contributed by atoms with Crippen molar-refractivity contribution < 1.29 is 0 Å². The van der Waals surface area contributed by atoms with Gasteiger partial charge in [-0.3, -0.25) is 0 Å². The second-order valence-corrected chi connectivity index (χ2v) is 10.2. The molecule has 3 atom stereocenters. The van der Waals surface area contributed by atoms with Crippen LogP contribution in [0.5, 0.6) is 0 Å². The normalized spacial score (nSPS) is 19.2. The summed E-state index contributed by atoms with van der Waals surface area (Å²) in [4.78, 5) is 2.35. The molecule has 2 N–H and O–H groups in total. The SMILES string of the molecule is C=C(C)CCCCNC(=C)NC(C(=C)N(C)C[C@@H]1C[C@@H]1CC(=C)CC)C(C)(C)C. The van der Waals surface area contributed by atoms with Crippen molar-refractivity contribution in [1.29, 1.82) is 0 Å². The molecule has 1 fully saturated rings. The van der Waals surface area contributed by atoms with E-state index in [1.165, 1.54) is 30.4 Å². The molecule has 29 heavy (non-hydrogen) atoms. The molecule has 0 radical (unpaired) electrons. The van der Waals surface area contributed by atoms with Crippen LogP contribution in [0.4, 0.5) is 0 Å². The van der Waals surface area contributed by atoms with Gasteiger partial charge in [-0.25, -0.2) is 0 Å². The van der Waals surface area contributed by atoms with Crippen molar-refractivity contribution >= 4 is 0 Å². The molecule has 166 valence electrons. The molecule has 0 spiro atoms. The lowest BCUT2D eigenvalue weighted by atomic mass is 9.84. The summed E-state index contributed by atoms with van der Waals surface area (Å²) in [5, 5.41) is 7.04. The Balaban J connectivity index is 2.50. The lowest BCUT2D eigenvalue weighted by molar-refractivity contribution is 0.251. The molecular formula is C26H47N3. The second-order valence-electron chi connectivity index (χ2n) is 10.2. The molecule has 0 aromatic carbocycles. The first kappa shape index (κ1) is 25.4. The number of nitrogens with one attached hydrogen (secondary N) is 2. The molecule has 1 aliphatic rings. The number of likely N-dealkylation sites (N-methyl/N-ethyl adjacent to an activating group) is 1. The molecule has 0 saturated heterocycles. The van der Waals surface area contributed by atoms with E-state index in [2.05, 4.69) is 83.5 Å². The van der Waals surface area contributed by atoms with E-state index in [1.807, 2.05) is 0 Å². The van der Waals surface area contributed by atoms with E-state index in [4.69, 9.17) is 0 Å². The summed E-state index contributed by atoms with van der Waals surface area (Å²) in [6.45, 7) is 29.9. The quantitative estimate of drug-likeness (QED) is 0.251. The van der Waals surface area contributed by atoms with Crippen LogP contribution in [0.2, 0.25) is 0 Å². The van der Waals surface area contributed by atoms with Gasteiger partial charge in [0.25, 0.3) is 0 Å². The number of rotatable bonds is 15. The van der Waals surface area contributed by atoms with Gasteiger partial charge in [-0.05, 0) is 62.7 Å². The first-order valence-electron chi connectivity index (χ1n) is 11.4. The van der Waals surface area contributed by atoms with Crippen LogP contribution in [0.15, 0.2) is 49.0 Å². The molecule has 1 rings (SSSR count). The Hall–Kier alpha value is -1.64. The molecule has 0 heterocycles. The maximum absolute atomic E-state index is 4.45. The minimum absolute atomic E-state index is 0.0510. The highest BCUT2D eigenvalue weighted by atomic mass is 15.2. The highest BCUT2D eigenvalue weighted by molar-refractivity contribution is 5.13. The number of hydrogen-bond donors (Lipinski definition) is 2. The maximum Gasteiger partial charge on any atom is 0.0917 e. The van der Waals surface area contributed by atoms with E-state index < -0.39 is 0 Å². The van der Waals surface area contributed by atoms with Gasteiger partial charge in [0.05, 0.1) is 11.9 Å². The van der Waals surface area contributed by atoms with Crippen LogP contribution in [-0.4, -0.2) is 31.1 Å². The molecule has 0 aromatic rings. The van der Waals surface area contributed by atoms with Gasteiger partial charge in [0.1, 0.15) is 0 Å². The van der Waals surface area contributed by atoms with Crippen LogP contribution in [0, 0.1) is 17.3 Å². The van der Waals surface area contributed by atoms with Crippen molar-refractivity contribution in [2.45, 2.75) is 79.2 Å². The van der Waals surface area contributed by atoms with Gasteiger partial charge in [0, 0.05) is 25.8 Å². The number of hydrogen-bond acceptors (Lipinski definition) is 3. The van der Waals surface area contributed by atoms with Crippen LogP contribution in [0.1, 0.15) is 73.1 Å². The fourth-order valence-corrected chi connectivity index (χ4v) is 3.80.